The lowest BCUT2D eigenvalue weighted by Crippen LogP contribution is -2.23. The highest BCUT2D eigenvalue weighted by Gasteiger charge is 2.29. The summed E-state index contributed by atoms with van der Waals surface area (Å²) in [5, 5.41) is 12.4. The van der Waals surface area contributed by atoms with Crippen molar-refractivity contribution in [3.8, 4) is 11.5 Å². The molecule has 0 radical (unpaired) electrons. The molecule has 1 aliphatic rings. The molecule has 4 nitrogen and oxygen atoms in total. The van der Waals surface area contributed by atoms with Crippen LogP contribution in [0.25, 0.3) is 0 Å². The third-order valence-corrected chi connectivity index (χ3v) is 4.66. The summed E-state index contributed by atoms with van der Waals surface area (Å²) >= 11 is 0. The highest BCUT2D eigenvalue weighted by atomic mass is 19.1. The second kappa shape index (κ2) is 7.85. The molecule has 2 atom stereocenters. The SMILES string of the molecule is COc1cc(CN[C@H]2c3cc(F)ccc3C[C@H]2C)ccc1OCCO. The molecule has 0 spiro atoms. The molecule has 0 fully saturated rings. The molecule has 5 heteroatoms. The molecule has 25 heavy (non-hydrogen) atoms. The molecule has 2 aromatic carbocycles. The Bertz CT molecular complexity index is 735. The summed E-state index contributed by atoms with van der Waals surface area (Å²) in [7, 11) is 1.59. The van der Waals surface area contributed by atoms with Crippen LogP contribution in [0.1, 0.15) is 29.7 Å². The Balaban J connectivity index is 1.71. The molecular weight excluding hydrogens is 321 g/mol. The topological polar surface area (TPSA) is 50.7 Å². The number of hydrogen-bond donors (Lipinski definition) is 2. The Hall–Kier alpha value is -2.11. The van der Waals surface area contributed by atoms with E-state index in [2.05, 4.69) is 12.2 Å². The molecule has 0 bridgehead atoms. The van der Waals surface area contributed by atoms with Crippen LogP contribution in [-0.2, 0) is 13.0 Å². The highest BCUT2D eigenvalue weighted by molar-refractivity contribution is 5.43. The second-order valence-electron chi connectivity index (χ2n) is 6.44. The van der Waals surface area contributed by atoms with Gasteiger partial charge in [-0.25, -0.2) is 4.39 Å². The van der Waals surface area contributed by atoms with Crippen molar-refractivity contribution in [2.24, 2.45) is 5.92 Å². The van der Waals surface area contributed by atoms with Crippen molar-refractivity contribution in [3.05, 3.63) is 58.9 Å². The van der Waals surface area contributed by atoms with Gasteiger partial charge in [0.05, 0.1) is 13.7 Å². The van der Waals surface area contributed by atoms with Crippen LogP contribution in [0.5, 0.6) is 11.5 Å². The predicted octanol–water partition coefficient (Wildman–Crippen LogP) is 3.23. The Labute approximate surface area is 147 Å². The van der Waals surface area contributed by atoms with Crippen LogP contribution in [0.4, 0.5) is 4.39 Å². The van der Waals surface area contributed by atoms with E-state index in [1.165, 1.54) is 11.6 Å². The number of fused-ring (bicyclic) bond motifs is 1. The summed E-state index contributed by atoms with van der Waals surface area (Å²) in [6.07, 6.45) is 0.963. The first-order valence-corrected chi connectivity index (χ1v) is 8.54. The molecule has 0 amide bonds. The van der Waals surface area contributed by atoms with Gasteiger partial charge in [0.1, 0.15) is 12.4 Å². The molecule has 0 aliphatic heterocycles. The van der Waals surface area contributed by atoms with Crippen LogP contribution in [0.15, 0.2) is 36.4 Å². The number of hydrogen-bond acceptors (Lipinski definition) is 4. The Kier molecular flexibility index (Phi) is 5.56. The van der Waals surface area contributed by atoms with Crippen molar-refractivity contribution in [1.29, 1.82) is 0 Å². The largest absolute Gasteiger partial charge is 0.493 e. The van der Waals surface area contributed by atoms with Gasteiger partial charge >= 0.3 is 0 Å². The van der Waals surface area contributed by atoms with E-state index < -0.39 is 0 Å². The summed E-state index contributed by atoms with van der Waals surface area (Å²) in [6, 6.07) is 10.9. The lowest BCUT2D eigenvalue weighted by atomic mass is 10.0. The number of methoxy groups -OCH3 is 1. The molecule has 2 N–H and O–H groups in total. The van der Waals surface area contributed by atoms with Gasteiger partial charge in [0.2, 0.25) is 0 Å². The normalized spacial score (nSPS) is 18.9. The lowest BCUT2D eigenvalue weighted by molar-refractivity contribution is 0.196. The number of nitrogens with one attached hydrogen (secondary N) is 1. The van der Waals surface area contributed by atoms with Gasteiger partial charge in [-0.3, -0.25) is 0 Å². The van der Waals surface area contributed by atoms with Crippen LogP contribution in [0, 0.1) is 11.7 Å². The van der Waals surface area contributed by atoms with Gasteiger partial charge < -0.3 is 19.9 Å². The van der Waals surface area contributed by atoms with Gasteiger partial charge in [0, 0.05) is 12.6 Å². The Morgan fingerprint density at radius 3 is 2.80 bits per heavy atom. The fourth-order valence-electron chi connectivity index (χ4n) is 3.45. The zero-order chi connectivity index (χ0) is 17.8. The highest BCUT2D eigenvalue weighted by Crippen LogP contribution is 2.36. The maximum atomic E-state index is 13.6. The van der Waals surface area contributed by atoms with Gasteiger partial charge in [0.15, 0.2) is 11.5 Å². The number of benzene rings is 2. The minimum Gasteiger partial charge on any atom is -0.493 e. The quantitative estimate of drug-likeness (QED) is 0.809. The zero-order valence-electron chi connectivity index (χ0n) is 14.6. The van der Waals surface area contributed by atoms with E-state index >= 15 is 0 Å². The molecule has 3 rings (SSSR count). The summed E-state index contributed by atoms with van der Waals surface area (Å²) in [5.74, 6) is 1.48. The third kappa shape index (κ3) is 3.94. The van der Waals surface area contributed by atoms with Crippen LogP contribution < -0.4 is 14.8 Å². The van der Waals surface area contributed by atoms with Crippen LogP contribution in [-0.4, -0.2) is 25.4 Å². The average Bonchev–Trinajstić information content (AvgIpc) is 2.93. The van der Waals surface area contributed by atoms with Crippen molar-refractivity contribution in [3.63, 3.8) is 0 Å². The number of aliphatic hydroxyl groups excluding tert-OH is 1. The standard InChI is InChI=1S/C20H24FNO3/c1-13-9-15-4-5-16(21)11-17(15)20(13)22-12-14-3-6-18(25-8-7-23)19(10-14)24-2/h3-6,10-11,13,20,22-23H,7-9,12H2,1-2H3/t13-,20-/m1/s1. The molecule has 0 aromatic heterocycles. The summed E-state index contributed by atoms with van der Waals surface area (Å²) < 4.78 is 24.4. The first kappa shape index (κ1) is 17.7. The summed E-state index contributed by atoms with van der Waals surface area (Å²) in [6.45, 7) is 3.03. The second-order valence-corrected chi connectivity index (χ2v) is 6.44. The monoisotopic (exact) mass is 345 g/mol. The average molecular weight is 345 g/mol. The van der Waals surface area contributed by atoms with E-state index in [0.717, 1.165) is 17.5 Å². The van der Waals surface area contributed by atoms with Crippen molar-refractivity contribution in [1.82, 2.24) is 5.32 Å². The minimum absolute atomic E-state index is 0.0397. The number of rotatable bonds is 7. The lowest BCUT2D eigenvalue weighted by Gasteiger charge is -2.19. The van der Waals surface area contributed by atoms with E-state index in [4.69, 9.17) is 14.6 Å². The molecular formula is C20H24FNO3. The minimum atomic E-state index is -0.188. The van der Waals surface area contributed by atoms with E-state index in [1.54, 1.807) is 13.2 Å². The van der Waals surface area contributed by atoms with Gasteiger partial charge in [0.25, 0.3) is 0 Å². The van der Waals surface area contributed by atoms with Crippen molar-refractivity contribution < 1.29 is 19.0 Å². The van der Waals surface area contributed by atoms with E-state index in [-0.39, 0.29) is 25.1 Å². The smallest absolute Gasteiger partial charge is 0.161 e. The molecule has 0 saturated heterocycles. The van der Waals surface area contributed by atoms with Crippen LogP contribution in [0.2, 0.25) is 0 Å². The summed E-state index contributed by atoms with van der Waals surface area (Å²) in [4.78, 5) is 0. The molecule has 0 heterocycles. The van der Waals surface area contributed by atoms with Crippen LogP contribution in [0.3, 0.4) is 0 Å². The van der Waals surface area contributed by atoms with Gasteiger partial charge in [-0.15, -0.1) is 0 Å². The van der Waals surface area contributed by atoms with Crippen LogP contribution >= 0.6 is 0 Å². The molecule has 134 valence electrons. The van der Waals surface area contributed by atoms with E-state index in [9.17, 15) is 4.39 Å². The fraction of sp³-hybridized carbons (Fsp3) is 0.400. The van der Waals surface area contributed by atoms with Crippen molar-refractivity contribution in [2.75, 3.05) is 20.3 Å². The van der Waals surface area contributed by atoms with Gasteiger partial charge in [-0.1, -0.05) is 19.1 Å². The number of ether oxygens (including phenoxy) is 2. The zero-order valence-corrected chi connectivity index (χ0v) is 14.6. The van der Waals surface area contributed by atoms with Gasteiger partial charge in [-0.05, 0) is 53.3 Å². The van der Waals surface area contributed by atoms with Crippen molar-refractivity contribution >= 4 is 0 Å². The fourth-order valence-corrected chi connectivity index (χ4v) is 3.45. The third-order valence-electron chi connectivity index (χ3n) is 4.66. The Morgan fingerprint density at radius 1 is 1.20 bits per heavy atom. The van der Waals surface area contributed by atoms with E-state index in [1.807, 2.05) is 24.3 Å². The first-order chi connectivity index (χ1) is 12.1. The molecule has 0 unspecified atom stereocenters. The predicted molar refractivity (Wildman–Crippen MR) is 94.4 cm³/mol. The van der Waals surface area contributed by atoms with E-state index in [0.29, 0.717) is 24.0 Å². The number of aliphatic hydroxyl groups is 1. The molecule has 2 aromatic rings. The number of halogens is 1. The Morgan fingerprint density at radius 2 is 2.04 bits per heavy atom. The maximum absolute atomic E-state index is 13.6. The maximum Gasteiger partial charge on any atom is 0.161 e. The molecule has 1 aliphatic carbocycles. The molecule has 0 saturated carbocycles. The van der Waals surface area contributed by atoms with Gasteiger partial charge in [-0.2, -0.15) is 0 Å². The first-order valence-electron chi connectivity index (χ1n) is 8.54. The van der Waals surface area contributed by atoms with Crippen molar-refractivity contribution in [2.45, 2.75) is 25.9 Å². The summed E-state index contributed by atoms with van der Waals surface area (Å²) in [5.41, 5.74) is 3.34.